The Labute approximate surface area is 321 Å². The molecule has 54 heavy (non-hydrogen) atoms. The SMILES string of the molecule is CCCC1=c2c(CCC)c(CCC)c(n2CCC)=C(CCC)C2=NC(c3ccccc3)(N=N2)Nc2c(-c3ccccc3)nc(n2CCC)C=C2C=CC1=N2. The van der Waals surface area contributed by atoms with Gasteiger partial charge in [-0.05, 0) is 61.8 Å². The number of azo groups is 1. The number of nitrogens with one attached hydrogen (secondary N) is 1. The highest BCUT2D eigenvalue weighted by atomic mass is 15.5. The number of aromatic nitrogens is 3. The first-order chi connectivity index (χ1) is 26.5. The van der Waals surface area contributed by atoms with Gasteiger partial charge < -0.3 is 14.5 Å². The number of hydrogen-bond donors (Lipinski definition) is 1. The van der Waals surface area contributed by atoms with Gasteiger partial charge in [-0.1, -0.05) is 128 Å². The van der Waals surface area contributed by atoms with Crippen LogP contribution in [0.4, 0.5) is 5.82 Å². The van der Waals surface area contributed by atoms with Gasteiger partial charge in [-0.25, -0.2) is 15.0 Å². The van der Waals surface area contributed by atoms with Crippen LogP contribution < -0.4 is 16.0 Å². The van der Waals surface area contributed by atoms with Crippen LogP contribution in [0.5, 0.6) is 0 Å². The Balaban J connectivity index is 1.67. The lowest BCUT2D eigenvalue weighted by atomic mass is 9.96. The van der Waals surface area contributed by atoms with Crippen molar-refractivity contribution in [2.45, 2.75) is 125 Å². The molecule has 0 amide bonds. The van der Waals surface area contributed by atoms with Gasteiger partial charge >= 0.3 is 0 Å². The van der Waals surface area contributed by atoms with Gasteiger partial charge in [0.1, 0.15) is 17.3 Å². The second-order valence-corrected chi connectivity index (χ2v) is 14.6. The third-order valence-electron chi connectivity index (χ3n) is 10.5. The number of rotatable bonds is 14. The highest BCUT2D eigenvalue weighted by Gasteiger charge is 2.40. The Morgan fingerprint density at radius 2 is 1.26 bits per heavy atom. The van der Waals surface area contributed by atoms with E-state index < -0.39 is 5.79 Å². The van der Waals surface area contributed by atoms with Gasteiger partial charge in [0.15, 0.2) is 5.84 Å². The summed E-state index contributed by atoms with van der Waals surface area (Å²) in [6.07, 6.45) is 16.4. The van der Waals surface area contributed by atoms with Crippen molar-refractivity contribution in [1.82, 2.24) is 14.1 Å². The van der Waals surface area contributed by atoms with Gasteiger partial charge in [-0.15, -0.1) is 10.2 Å². The summed E-state index contributed by atoms with van der Waals surface area (Å²) in [5, 5.41) is 16.8. The molecule has 1 N–H and O–H groups in total. The van der Waals surface area contributed by atoms with Crippen molar-refractivity contribution >= 4 is 34.6 Å². The van der Waals surface area contributed by atoms with E-state index in [9.17, 15) is 0 Å². The molecular formula is C46H56N8. The van der Waals surface area contributed by atoms with E-state index in [1.807, 2.05) is 12.1 Å². The molecule has 1 unspecified atom stereocenters. The average molecular weight is 721 g/mol. The number of nitrogens with zero attached hydrogens (tertiary/aromatic N) is 7. The summed E-state index contributed by atoms with van der Waals surface area (Å²) >= 11 is 0. The molecule has 5 heterocycles. The van der Waals surface area contributed by atoms with Crippen LogP contribution in [0.25, 0.3) is 28.5 Å². The van der Waals surface area contributed by atoms with Crippen LogP contribution in [0, 0.1) is 0 Å². The Morgan fingerprint density at radius 3 is 1.91 bits per heavy atom. The molecular weight excluding hydrogens is 665 g/mol. The van der Waals surface area contributed by atoms with Crippen molar-refractivity contribution in [2.24, 2.45) is 20.2 Å². The standard InChI is InChI=1S/C46H56N8/c1-7-19-35-36(20-8-2)43-38(22-10-4)44-49-46(52-51-44,33-25-17-14-18-26-33)50-45-41(32-23-15-13-16-24-32)48-40(53(45)29-11-5)31-34-27-28-39(47-34)37(21-9-3)42(35)54(43)30-12-6/h13-18,23-28,31,50H,7-12,19-22,29-30H2,1-6H3. The molecule has 2 aromatic carbocycles. The molecule has 8 nitrogen and oxygen atoms in total. The highest BCUT2D eigenvalue weighted by Crippen LogP contribution is 2.40. The topological polar surface area (TPSA) is 84.2 Å². The monoisotopic (exact) mass is 720 g/mol. The predicted octanol–water partition coefficient (Wildman–Crippen LogP) is 10.1. The van der Waals surface area contributed by atoms with E-state index in [-0.39, 0.29) is 0 Å². The zero-order chi connectivity index (χ0) is 37.7. The molecule has 1 atom stereocenters. The Kier molecular flexibility index (Phi) is 11.4. The molecule has 0 saturated carbocycles. The van der Waals surface area contributed by atoms with Crippen molar-refractivity contribution in [3.8, 4) is 11.3 Å². The Bertz CT molecular complexity index is 2260. The van der Waals surface area contributed by atoms with E-state index in [2.05, 4.69) is 123 Å². The van der Waals surface area contributed by atoms with Crippen LogP contribution in [0.1, 0.15) is 115 Å². The second kappa shape index (κ2) is 16.5. The van der Waals surface area contributed by atoms with Gasteiger partial charge in [0, 0.05) is 41.4 Å². The maximum absolute atomic E-state index is 5.62. The van der Waals surface area contributed by atoms with Crippen LogP contribution in [0.15, 0.2) is 98.7 Å². The number of hydrogen-bond acceptors (Lipinski definition) is 6. The quantitative estimate of drug-likeness (QED) is 0.141. The largest absolute Gasteiger partial charge is 0.340 e. The molecule has 3 aliphatic heterocycles. The van der Waals surface area contributed by atoms with Crippen molar-refractivity contribution in [3.63, 3.8) is 0 Å². The number of benzene rings is 2. The summed E-state index contributed by atoms with van der Waals surface area (Å²) in [6, 6.07) is 20.8. The van der Waals surface area contributed by atoms with Gasteiger partial charge in [0.2, 0.25) is 0 Å². The summed E-state index contributed by atoms with van der Waals surface area (Å²) in [7, 11) is 0. The lowest BCUT2D eigenvalue weighted by molar-refractivity contribution is 0.531. The molecule has 2 aromatic heterocycles. The second-order valence-electron chi connectivity index (χ2n) is 14.6. The summed E-state index contributed by atoms with van der Waals surface area (Å²) in [6.45, 7) is 15.3. The minimum Gasteiger partial charge on any atom is -0.340 e. The first-order valence-corrected chi connectivity index (χ1v) is 20.5. The van der Waals surface area contributed by atoms with E-state index in [1.165, 1.54) is 33.0 Å². The number of aliphatic imine (C=N–C) groups is 2. The maximum atomic E-state index is 5.62. The number of allylic oxidation sites excluding steroid dienone is 2. The third kappa shape index (κ3) is 6.87. The number of anilines is 1. The summed E-state index contributed by atoms with van der Waals surface area (Å²) < 4.78 is 4.91. The minimum atomic E-state index is -1.19. The van der Waals surface area contributed by atoms with Crippen molar-refractivity contribution in [1.29, 1.82) is 0 Å². The molecule has 0 radical (unpaired) electrons. The summed E-state index contributed by atoms with van der Waals surface area (Å²) in [4.78, 5) is 16.4. The summed E-state index contributed by atoms with van der Waals surface area (Å²) in [5.41, 5.74) is 10.2. The van der Waals surface area contributed by atoms with E-state index in [0.29, 0.717) is 5.84 Å². The van der Waals surface area contributed by atoms with Crippen molar-refractivity contribution < 1.29 is 0 Å². The Morgan fingerprint density at radius 1 is 0.648 bits per heavy atom. The van der Waals surface area contributed by atoms with Crippen molar-refractivity contribution in [2.75, 3.05) is 5.32 Å². The molecule has 8 bridgehead atoms. The van der Waals surface area contributed by atoms with Crippen LogP contribution in [-0.2, 0) is 31.7 Å². The van der Waals surface area contributed by atoms with Gasteiger partial charge in [0.25, 0.3) is 5.79 Å². The number of amidine groups is 1. The smallest absolute Gasteiger partial charge is 0.274 e. The minimum absolute atomic E-state index is 0.711. The Hall–Kier alpha value is -5.11. The molecule has 0 saturated heterocycles. The highest BCUT2D eigenvalue weighted by molar-refractivity contribution is 6.26. The number of imidazole rings is 1. The zero-order valence-corrected chi connectivity index (χ0v) is 33.1. The van der Waals surface area contributed by atoms with Crippen molar-refractivity contribution in [3.05, 3.63) is 112 Å². The maximum Gasteiger partial charge on any atom is 0.274 e. The summed E-state index contributed by atoms with van der Waals surface area (Å²) in [5.74, 6) is 1.24. The number of fused-ring (bicyclic) bond motifs is 6. The molecule has 4 aromatic rings. The van der Waals surface area contributed by atoms with Crippen LogP contribution in [0.2, 0.25) is 0 Å². The molecule has 8 heteroatoms. The lowest BCUT2D eigenvalue weighted by Gasteiger charge is -2.26. The van der Waals surface area contributed by atoms with Gasteiger partial charge in [-0.3, -0.25) is 0 Å². The molecule has 0 aliphatic carbocycles. The van der Waals surface area contributed by atoms with E-state index in [4.69, 9.17) is 25.2 Å². The molecule has 0 spiro atoms. The van der Waals surface area contributed by atoms with E-state index in [1.54, 1.807) is 0 Å². The fraction of sp³-hybridized carbons (Fsp3) is 0.413. The molecule has 3 aliphatic rings. The van der Waals surface area contributed by atoms with Gasteiger partial charge in [0.05, 0.1) is 22.1 Å². The average Bonchev–Trinajstić information content (AvgIpc) is 3.97. The van der Waals surface area contributed by atoms with Gasteiger partial charge in [-0.2, -0.15) is 0 Å². The first kappa shape index (κ1) is 37.2. The third-order valence-corrected chi connectivity index (χ3v) is 10.5. The molecule has 7 rings (SSSR count). The van der Waals surface area contributed by atoms with E-state index in [0.717, 1.165) is 117 Å². The lowest BCUT2D eigenvalue weighted by Crippen LogP contribution is -2.34. The molecule has 0 fully saturated rings. The van der Waals surface area contributed by atoms with Crippen LogP contribution >= 0.6 is 0 Å². The fourth-order valence-electron chi connectivity index (χ4n) is 8.34. The van der Waals surface area contributed by atoms with Crippen LogP contribution in [-0.4, -0.2) is 25.7 Å². The fourth-order valence-corrected chi connectivity index (χ4v) is 8.34. The first-order valence-electron chi connectivity index (χ1n) is 20.5. The van der Waals surface area contributed by atoms with Crippen LogP contribution in [0.3, 0.4) is 0 Å². The van der Waals surface area contributed by atoms with E-state index >= 15 is 0 Å². The normalized spacial score (nSPS) is 17.6. The predicted molar refractivity (Wildman–Crippen MR) is 225 cm³/mol. The molecule has 280 valence electrons. The zero-order valence-electron chi connectivity index (χ0n) is 33.1.